The highest BCUT2D eigenvalue weighted by molar-refractivity contribution is 5.39. The summed E-state index contributed by atoms with van der Waals surface area (Å²) in [6, 6.07) is 7.60. The van der Waals surface area contributed by atoms with Crippen LogP contribution in [-0.2, 0) is 9.47 Å². The molecule has 0 radical (unpaired) electrons. The van der Waals surface area contributed by atoms with Gasteiger partial charge in [-0.25, -0.2) is 0 Å². The van der Waals surface area contributed by atoms with Crippen LogP contribution < -0.4 is 9.47 Å². The number of rotatable bonds is 0. The fourth-order valence-corrected chi connectivity index (χ4v) is 1.58. The first-order valence-electron chi connectivity index (χ1n) is 6.03. The average molecular weight is 250 g/mol. The zero-order valence-electron chi connectivity index (χ0n) is 10.4. The molecule has 1 aromatic carbocycles. The van der Waals surface area contributed by atoms with Gasteiger partial charge >= 0.3 is 0 Å². The topological polar surface area (TPSA) is 36.9 Å². The molecule has 4 nitrogen and oxygen atoms in total. The predicted molar refractivity (Wildman–Crippen MR) is 68.2 cm³/mol. The molecule has 0 fully saturated rings. The molecule has 2 rings (SSSR count). The van der Waals surface area contributed by atoms with Crippen LogP contribution in [0.2, 0.25) is 0 Å². The van der Waals surface area contributed by atoms with Gasteiger partial charge in [0.05, 0.1) is 26.4 Å². The van der Waals surface area contributed by atoms with Crippen molar-refractivity contribution < 1.29 is 18.9 Å². The van der Waals surface area contributed by atoms with Crippen molar-refractivity contribution in [3.63, 3.8) is 0 Å². The molecule has 0 aliphatic carbocycles. The lowest BCUT2D eigenvalue weighted by atomic mass is 10.3. The van der Waals surface area contributed by atoms with Crippen molar-refractivity contribution >= 4 is 0 Å². The molecule has 0 atom stereocenters. The van der Waals surface area contributed by atoms with Gasteiger partial charge in [-0.3, -0.25) is 0 Å². The maximum atomic E-state index is 5.62. The van der Waals surface area contributed by atoms with Gasteiger partial charge < -0.3 is 18.9 Å². The van der Waals surface area contributed by atoms with E-state index in [0.717, 1.165) is 17.1 Å². The predicted octanol–water partition coefficient (Wildman–Crippen LogP) is 2.05. The van der Waals surface area contributed by atoms with Crippen molar-refractivity contribution in [3.8, 4) is 11.5 Å². The Morgan fingerprint density at radius 3 is 1.78 bits per heavy atom. The van der Waals surface area contributed by atoms with Crippen LogP contribution >= 0.6 is 0 Å². The third-order valence-electron chi connectivity index (χ3n) is 2.43. The van der Waals surface area contributed by atoms with E-state index < -0.39 is 0 Å². The minimum atomic E-state index is 0.495. The Morgan fingerprint density at radius 2 is 1.28 bits per heavy atom. The number of benzene rings is 1. The van der Waals surface area contributed by atoms with E-state index in [1.54, 1.807) is 0 Å². The second-order valence-corrected chi connectivity index (χ2v) is 4.00. The van der Waals surface area contributed by atoms with Crippen LogP contribution in [0.25, 0.3) is 0 Å². The van der Waals surface area contributed by atoms with Crippen molar-refractivity contribution in [2.45, 2.75) is 0 Å². The van der Waals surface area contributed by atoms with Crippen LogP contribution in [0.15, 0.2) is 36.4 Å². The second-order valence-electron chi connectivity index (χ2n) is 4.00. The summed E-state index contributed by atoms with van der Waals surface area (Å²) in [6.45, 7) is 6.92. The van der Waals surface area contributed by atoms with E-state index >= 15 is 0 Å². The van der Waals surface area contributed by atoms with E-state index in [2.05, 4.69) is 6.58 Å². The molecule has 1 heterocycles. The molecule has 1 aromatic rings. The van der Waals surface area contributed by atoms with Gasteiger partial charge in [0.2, 0.25) is 0 Å². The van der Waals surface area contributed by atoms with Gasteiger partial charge in [0.25, 0.3) is 0 Å². The van der Waals surface area contributed by atoms with Crippen LogP contribution in [0, 0.1) is 0 Å². The van der Waals surface area contributed by atoms with Gasteiger partial charge in [-0.15, -0.1) is 0 Å². The van der Waals surface area contributed by atoms with E-state index in [1.807, 2.05) is 24.3 Å². The molecule has 18 heavy (non-hydrogen) atoms. The summed E-state index contributed by atoms with van der Waals surface area (Å²) in [5, 5.41) is 0. The van der Waals surface area contributed by atoms with Crippen LogP contribution in [0.3, 0.4) is 0 Å². The molecule has 0 N–H and O–H groups in total. The molecule has 0 saturated heterocycles. The van der Waals surface area contributed by atoms with Gasteiger partial charge in [-0.05, 0) is 17.7 Å². The van der Waals surface area contributed by atoms with Crippen molar-refractivity contribution in [1.29, 1.82) is 0 Å². The third-order valence-corrected chi connectivity index (χ3v) is 2.43. The van der Waals surface area contributed by atoms with Crippen molar-refractivity contribution in [2.75, 3.05) is 39.6 Å². The molecule has 0 amide bonds. The molecule has 0 saturated carbocycles. The smallest absolute Gasteiger partial charge is 0.161 e. The summed E-state index contributed by atoms with van der Waals surface area (Å²) in [6.07, 6.45) is 0. The van der Waals surface area contributed by atoms with Crippen molar-refractivity contribution in [3.05, 3.63) is 36.4 Å². The Bertz CT molecular complexity index is 354. The average Bonchev–Trinajstić information content (AvgIpc) is 2.40. The third kappa shape index (κ3) is 4.05. The van der Waals surface area contributed by atoms with Gasteiger partial charge in [0, 0.05) is 0 Å². The summed E-state index contributed by atoms with van der Waals surface area (Å²) in [4.78, 5) is 0. The standard InChI is InChI=1S/C14H18O4/c1-12-10-15-6-8-17-13-4-2-3-5-14(13)18-9-7-16-11-12/h2-5H,1,6-11H2. The summed E-state index contributed by atoms with van der Waals surface area (Å²) < 4.78 is 22.1. The number of hydrogen-bond donors (Lipinski definition) is 0. The molecular weight excluding hydrogens is 232 g/mol. The Morgan fingerprint density at radius 1 is 0.778 bits per heavy atom. The molecular formula is C14H18O4. The summed E-state index contributed by atoms with van der Waals surface area (Å²) in [5.74, 6) is 1.47. The second kappa shape index (κ2) is 7.03. The number of ether oxygens (including phenoxy) is 4. The Hall–Kier alpha value is -1.52. The monoisotopic (exact) mass is 250 g/mol. The molecule has 0 spiro atoms. The first-order chi connectivity index (χ1) is 8.86. The van der Waals surface area contributed by atoms with E-state index in [9.17, 15) is 0 Å². The highest BCUT2D eigenvalue weighted by atomic mass is 16.6. The Kier molecular flexibility index (Phi) is 5.05. The zero-order chi connectivity index (χ0) is 12.6. The van der Waals surface area contributed by atoms with Gasteiger partial charge in [-0.1, -0.05) is 18.7 Å². The number of para-hydroxylation sites is 2. The first-order valence-corrected chi connectivity index (χ1v) is 6.03. The lowest BCUT2D eigenvalue weighted by molar-refractivity contribution is 0.0947. The van der Waals surface area contributed by atoms with E-state index in [4.69, 9.17) is 18.9 Å². The molecule has 4 heteroatoms. The van der Waals surface area contributed by atoms with Gasteiger partial charge in [0.15, 0.2) is 11.5 Å². The molecule has 98 valence electrons. The van der Waals surface area contributed by atoms with Crippen molar-refractivity contribution in [2.24, 2.45) is 0 Å². The molecule has 0 unspecified atom stereocenters. The Labute approximate surface area is 107 Å². The highest BCUT2D eigenvalue weighted by Crippen LogP contribution is 2.26. The molecule has 0 bridgehead atoms. The van der Waals surface area contributed by atoms with Crippen LogP contribution in [0.5, 0.6) is 11.5 Å². The minimum Gasteiger partial charge on any atom is -0.487 e. The van der Waals surface area contributed by atoms with E-state index in [0.29, 0.717) is 39.6 Å². The SMILES string of the molecule is C=C1COCCOc2ccccc2OCCOC1. The van der Waals surface area contributed by atoms with Gasteiger partial charge in [0.1, 0.15) is 13.2 Å². The molecule has 1 aliphatic rings. The van der Waals surface area contributed by atoms with Crippen LogP contribution in [-0.4, -0.2) is 39.6 Å². The summed E-state index contributed by atoms with van der Waals surface area (Å²) in [5.41, 5.74) is 0.923. The lowest BCUT2D eigenvalue weighted by Crippen LogP contribution is -2.11. The van der Waals surface area contributed by atoms with Crippen LogP contribution in [0.1, 0.15) is 0 Å². The quantitative estimate of drug-likeness (QED) is 0.660. The number of fused-ring (bicyclic) bond motifs is 1. The summed E-state index contributed by atoms with van der Waals surface area (Å²) in [7, 11) is 0. The highest BCUT2D eigenvalue weighted by Gasteiger charge is 2.05. The fraction of sp³-hybridized carbons (Fsp3) is 0.429. The van der Waals surface area contributed by atoms with Crippen molar-refractivity contribution in [1.82, 2.24) is 0 Å². The first kappa shape index (κ1) is 12.9. The molecule has 0 aromatic heterocycles. The van der Waals surface area contributed by atoms with E-state index in [-0.39, 0.29) is 0 Å². The van der Waals surface area contributed by atoms with Gasteiger partial charge in [-0.2, -0.15) is 0 Å². The zero-order valence-corrected chi connectivity index (χ0v) is 10.4. The summed E-state index contributed by atoms with van der Waals surface area (Å²) >= 11 is 0. The largest absolute Gasteiger partial charge is 0.487 e. The fourth-order valence-electron chi connectivity index (χ4n) is 1.58. The Balaban J connectivity index is 1.97. The maximum absolute atomic E-state index is 5.62. The number of hydrogen-bond acceptors (Lipinski definition) is 4. The van der Waals surface area contributed by atoms with E-state index in [1.165, 1.54) is 0 Å². The lowest BCUT2D eigenvalue weighted by Gasteiger charge is -2.11. The maximum Gasteiger partial charge on any atom is 0.161 e. The van der Waals surface area contributed by atoms with Crippen LogP contribution in [0.4, 0.5) is 0 Å². The minimum absolute atomic E-state index is 0.495. The molecule has 1 aliphatic heterocycles. The normalized spacial score (nSPS) is 18.3.